The third kappa shape index (κ3) is 3.86. The van der Waals surface area contributed by atoms with E-state index in [2.05, 4.69) is 25.9 Å². The van der Waals surface area contributed by atoms with Crippen LogP contribution in [0.3, 0.4) is 0 Å². The molecular formula is C19H27ClN4O2. The van der Waals surface area contributed by atoms with Crippen LogP contribution < -0.4 is 5.73 Å². The average molecular weight is 379 g/mol. The van der Waals surface area contributed by atoms with Gasteiger partial charge in [-0.15, -0.1) is 12.4 Å². The number of rotatable bonds is 4. The van der Waals surface area contributed by atoms with E-state index in [1.54, 1.807) is 9.58 Å². The van der Waals surface area contributed by atoms with Crippen molar-refractivity contribution in [3.8, 4) is 11.4 Å². The van der Waals surface area contributed by atoms with Gasteiger partial charge in [0.1, 0.15) is 0 Å². The molecule has 26 heavy (non-hydrogen) atoms. The van der Waals surface area contributed by atoms with Crippen molar-refractivity contribution < 1.29 is 9.90 Å². The van der Waals surface area contributed by atoms with Gasteiger partial charge in [0.2, 0.25) is 0 Å². The fourth-order valence-corrected chi connectivity index (χ4v) is 3.17. The number of likely N-dealkylation sites (tertiary alicyclic amines) is 1. The monoisotopic (exact) mass is 378 g/mol. The lowest BCUT2D eigenvalue weighted by molar-refractivity contribution is 0.0767. The fraction of sp³-hybridized carbons (Fsp3) is 0.474. The standard InChI is InChI=1S/C19H26N4O2.ClH/c1-13(2)14-4-6-15(7-5-14)23-10-16(24)17(21-23)18(25)22-9-8-19(3,11-20)12-22;/h4-7,10,13,24H,8-9,11-12,20H2,1-3H3;1H. The van der Waals surface area contributed by atoms with Gasteiger partial charge in [-0.2, -0.15) is 5.10 Å². The van der Waals surface area contributed by atoms with Crippen molar-refractivity contribution in [3.05, 3.63) is 41.7 Å². The summed E-state index contributed by atoms with van der Waals surface area (Å²) in [5, 5.41) is 14.5. The molecule has 2 aromatic rings. The molecule has 3 N–H and O–H groups in total. The molecule has 1 amide bonds. The van der Waals surface area contributed by atoms with Crippen molar-refractivity contribution in [2.45, 2.75) is 33.1 Å². The third-order valence-electron chi connectivity index (χ3n) is 5.06. The molecule has 0 radical (unpaired) electrons. The van der Waals surface area contributed by atoms with Crippen LogP contribution in [0.4, 0.5) is 0 Å². The van der Waals surface area contributed by atoms with E-state index in [-0.39, 0.29) is 35.2 Å². The summed E-state index contributed by atoms with van der Waals surface area (Å²) in [5.74, 6) is 0.107. The number of hydrogen-bond donors (Lipinski definition) is 2. The molecule has 1 aromatic heterocycles. The first kappa shape index (κ1) is 20.3. The number of aromatic hydroxyl groups is 1. The molecule has 1 fully saturated rings. The third-order valence-corrected chi connectivity index (χ3v) is 5.06. The van der Waals surface area contributed by atoms with Crippen molar-refractivity contribution in [1.29, 1.82) is 0 Å². The van der Waals surface area contributed by atoms with Gasteiger partial charge in [-0.25, -0.2) is 4.68 Å². The molecule has 1 aliphatic rings. The van der Waals surface area contributed by atoms with E-state index in [0.717, 1.165) is 12.1 Å². The van der Waals surface area contributed by atoms with Crippen LogP contribution in [0.15, 0.2) is 30.5 Å². The van der Waals surface area contributed by atoms with E-state index < -0.39 is 0 Å². The maximum atomic E-state index is 12.7. The summed E-state index contributed by atoms with van der Waals surface area (Å²) < 4.78 is 1.55. The van der Waals surface area contributed by atoms with E-state index in [0.29, 0.717) is 25.6 Å². The summed E-state index contributed by atoms with van der Waals surface area (Å²) in [6.45, 7) is 8.13. The summed E-state index contributed by atoms with van der Waals surface area (Å²) >= 11 is 0. The highest BCUT2D eigenvalue weighted by atomic mass is 35.5. The molecule has 7 heteroatoms. The maximum absolute atomic E-state index is 12.7. The molecule has 1 unspecified atom stereocenters. The average Bonchev–Trinajstić information content (AvgIpc) is 3.18. The maximum Gasteiger partial charge on any atom is 0.278 e. The Bertz CT molecular complexity index is 772. The SMILES string of the molecule is CC(C)c1ccc(-n2cc(O)c(C(=O)N3CCC(C)(CN)C3)n2)cc1.Cl. The topological polar surface area (TPSA) is 84.4 Å². The summed E-state index contributed by atoms with van der Waals surface area (Å²) in [7, 11) is 0. The number of hydrogen-bond acceptors (Lipinski definition) is 4. The number of aromatic nitrogens is 2. The van der Waals surface area contributed by atoms with Crippen molar-refractivity contribution >= 4 is 18.3 Å². The van der Waals surface area contributed by atoms with Crippen LogP contribution in [-0.2, 0) is 0 Å². The molecule has 1 aromatic carbocycles. The van der Waals surface area contributed by atoms with Crippen molar-refractivity contribution in [2.24, 2.45) is 11.1 Å². The minimum atomic E-state index is -0.243. The van der Waals surface area contributed by atoms with Crippen LogP contribution >= 0.6 is 12.4 Å². The largest absolute Gasteiger partial charge is 0.504 e. The summed E-state index contributed by atoms with van der Waals surface area (Å²) in [4.78, 5) is 14.4. The predicted molar refractivity (Wildman–Crippen MR) is 104 cm³/mol. The molecular weight excluding hydrogens is 352 g/mol. The minimum Gasteiger partial charge on any atom is -0.504 e. The second-order valence-electron chi connectivity index (χ2n) is 7.55. The Morgan fingerprint density at radius 3 is 2.54 bits per heavy atom. The Morgan fingerprint density at radius 1 is 1.35 bits per heavy atom. The van der Waals surface area contributed by atoms with Crippen LogP contribution in [0.1, 0.15) is 49.2 Å². The first-order valence-corrected chi connectivity index (χ1v) is 8.71. The van der Waals surface area contributed by atoms with Gasteiger partial charge in [0.25, 0.3) is 5.91 Å². The van der Waals surface area contributed by atoms with Crippen molar-refractivity contribution in [2.75, 3.05) is 19.6 Å². The van der Waals surface area contributed by atoms with Crippen LogP contribution in [0.5, 0.6) is 5.75 Å². The van der Waals surface area contributed by atoms with Crippen LogP contribution in [0, 0.1) is 5.41 Å². The zero-order valence-corrected chi connectivity index (χ0v) is 16.3. The van der Waals surface area contributed by atoms with Gasteiger partial charge in [0.05, 0.1) is 11.9 Å². The van der Waals surface area contributed by atoms with Crippen LogP contribution in [0.2, 0.25) is 0 Å². The molecule has 2 heterocycles. The second-order valence-corrected chi connectivity index (χ2v) is 7.55. The molecule has 0 spiro atoms. The van der Waals surface area contributed by atoms with Gasteiger partial charge in [-0.1, -0.05) is 32.9 Å². The molecule has 3 rings (SSSR count). The highest BCUT2D eigenvalue weighted by Gasteiger charge is 2.36. The number of carbonyl (C=O) groups excluding carboxylic acids is 1. The number of halogens is 1. The molecule has 0 aliphatic carbocycles. The Balaban J connectivity index is 0.00000243. The Hall–Kier alpha value is -2.05. The minimum absolute atomic E-state index is 0. The van der Waals surface area contributed by atoms with E-state index in [9.17, 15) is 9.90 Å². The second kappa shape index (κ2) is 7.68. The van der Waals surface area contributed by atoms with E-state index in [1.807, 2.05) is 24.3 Å². The molecule has 142 valence electrons. The lowest BCUT2D eigenvalue weighted by Crippen LogP contribution is -2.34. The molecule has 0 bridgehead atoms. The number of nitrogens with zero attached hydrogens (tertiary/aromatic N) is 3. The van der Waals surface area contributed by atoms with E-state index in [1.165, 1.54) is 11.8 Å². The van der Waals surface area contributed by atoms with Gasteiger partial charge < -0.3 is 15.7 Å². The summed E-state index contributed by atoms with van der Waals surface area (Å²) in [6.07, 6.45) is 2.35. The van der Waals surface area contributed by atoms with Crippen molar-refractivity contribution in [1.82, 2.24) is 14.7 Å². The van der Waals surface area contributed by atoms with Crippen LogP contribution in [-0.4, -0.2) is 45.3 Å². The fourth-order valence-electron chi connectivity index (χ4n) is 3.17. The van der Waals surface area contributed by atoms with Crippen LogP contribution in [0.25, 0.3) is 5.69 Å². The molecule has 1 aliphatic heterocycles. The van der Waals surface area contributed by atoms with Gasteiger partial charge >= 0.3 is 0 Å². The summed E-state index contributed by atoms with van der Waals surface area (Å²) in [6, 6.07) is 7.95. The molecule has 6 nitrogen and oxygen atoms in total. The lowest BCUT2D eigenvalue weighted by atomic mass is 9.90. The highest BCUT2D eigenvalue weighted by molar-refractivity contribution is 5.95. The number of amides is 1. The zero-order chi connectivity index (χ0) is 18.2. The first-order valence-electron chi connectivity index (χ1n) is 8.71. The Morgan fingerprint density at radius 2 is 2.00 bits per heavy atom. The zero-order valence-electron chi connectivity index (χ0n) is 15.5. The molecule has 0 saturated carbocycles. The first-order chi connectivity index (χ1) is 11.8. The number of benzene rings is 1. The van der Waals surface area contributed by atoms with Gasteiger partial charge in [0, 0.05) is 13.1 Å². The Labute approximate surface area is 160 Å². The van der Waals surface area contributed by atoms with E-state index in [4.69, 9.17) is 5.73 Å². The van der Waals surface area contributed by atoms with Crippen molar-refractivity contribution in [3.63, 3.8) is 0 Å². The number of nitrogens with two attached hydrogens (primary N) is 1. The normalized spacial score (nSPS) is 19.7. The van der Waals surface area contributed by atoms with E-state index >= 15 is 0 Å². The lowest BCUT2D eigenvalue weighted by Gasteiger charge is -2.22. The quantitative estimate of drug-likeness (QED) is 0.856. The van der Waals surface area contributed by atoms with Gasteiger partial charge in [-0.05, 0) is 42.0 Å². The Kier molecular flexibility index (Phi) is 5.98. The highest BCUT2D eigenvalue weighted by Crippen LogP contribution is 2.30. The van der Waals surface area contributed by atoms with Gasteiger partial charge in [0.15, 0.2) is 11.4 Å². The van der Waals surface area contributed by atoms with Gasteiger partial charge in [-0.3, -0.25) is 4.79 Å². The predicted octanol–water partition coefficient (Wildman–Crippen LogP) is 2.93. The molecule has 1 atom stereocenters. The summed E-state index contributed by atoms with van der Waals surface area (Å²) in [5.41, 5.74) is 7.89. The smallest absolute Gasteiger partial charge is 0.278 e. The number of carbonyl (C=O) groups is 1. The molecule has 1 saturated heterocycles.